The van der Waals surface area contributed by atoms with E-state index in [9.17, 15) is 0 Å². The molecule has 53 heavy (non-hydrogen) atoms. The van der Waals surface area contributed by atoms with Crippen molar-refractivity contribution < 1.29 is 4.42 Å². The van der Waals surface area contributed by atoms with Crippen LogP contribution in [0.1, 0.15) is 0 Å². The summed E-state index contributed by atoms with van der Waals surface area (Å²) in [6.07, 6.45) is 0. The Balaban J connectivity index is 1.20. The summed E-state index contributed by atoms with van der Waals surface area (Å²) in [6, 6.07) is 65.1. The van der Waals surface area contributed by atoms with Gasteiger partial charge in [-0.3, -0.25) is 0 Å². The average molecular weight is 678 g/mol. The van der Waals surface area contributed by atoms with Crippen molar-refractivity contribution in [3.8, 4) is 67.5 Å². The van der Waals surface area contributed by atoms with Gasteiger partial charge in [0.2, 0.25) is 0 Å². The molecule has 10 rings (SSSR count). The van der Waals surface area contributed by atoms with Crippen molar-refractivity contribution in [3.63, 3.8) is 0 Å². The second-order valence-electron chi connectivity index (χ2n) is 13.2. The van der Waals surface area contributed by atoms with Crippen LogP contribution >= 0.6 is 0 Å². The van der Waals surface area contributed by atoms with E-state index in [-0.39, 0.29) is 0 Å². The Morgan fingerprint density at radius 1 is 0.283 bits per heavy atom. The van der Waals surface area contributed by atoms with E-state index in [1.165, 1.54) is 0 Å². The van der Waals surface area contributed by atoms with Crippen LogP contribution in [0.2, 0.25) is 0 Å². The molecule has 0 amide bonds. The molecule has 0 saturated heterocycles. The lowest BCUT2D eigenvalue weighted by Crippen LogP contribution is -2.01. The summed E-state index contributed by atoms with van der Waals surface area (Å²) >= 11 is 0. The van der Waals surface area contributed by atoms with Crippen molar-refractivity contribution >= 4 is 32.7 Å². The molecule has 0 aliphatic rings. The van der Waals surface area contributed by atoms with Crippen LogP contribution in [0.5, 0.6) is 0 Å². The number of fused-ring (bicyclic) bond motifs is 5. The van der Waals surface area contributed by atoms with E-state index in [1.54, 1.807) is 0 Å². The second kappa shape index (κ2) is 12.9. The van der Waals surface area contributed by atoms with Crippen LogP contribution in [-0.4, -0.2) is 15.0 Å². The minimum Gasteiger partial charge on any atom is -0.455 e. The lowest BCUT2D eigenvalue weighted by molar-refractivity contribution is 0.673. The summed E-state index contributed by atoms with van der Waals surface area (Å²) in [4.78, 5) is 15.6. The van der Waals surface area contributed by atoms with Gasteiger partial charge >= 0.3 is 0 Å². The molecule has 0 bridgehead atoms. The summed E-state index contributed by atoms with van der Waals surface area (Å²) in [7, 11) is 0. The maximum Gasteiger partial charge on any atom is 0.164 e. The van der Waals surface area contributed by atoms with Crippen LogP contribution in [-0.2, 0) is 0 Å². The van der Waals surface area contributed by atoms with Crippen molar-refractivity contribution in [1.82, 2.24) is 15.0 Å². The molecule has 0 fully saturated rings. The summed E-state index contributed by atoms with van der Waals surface area (Å²) in [5.41, 5.74) is 11.2. The lowest BCUT2D eigenvalue weighted by Gasteiger charge is -2.12. The summed E-state index contributed by atoms with van der Waals surface area (Å²) in [5, 5.41) is 4.10. The third-order valence-electron chi connectivity index (χ3n) is 9.92. The summed E-state index contributed by atoms with van der Waals surface area (Å²) in [5.74, 6) is 1.83. The van der Waals surface area contributed by atoms with Gasteiger partial charge in [-0.05, 0) is 69.1 Å². The minimum absolute atomic E-state index is 0.605. The number of hydrogen-bond donors (Lipinski definition) is 0. The number of hydrogen-bond acceptors (Lipinski definition) is 4. The number of furan rings is 1. The fourth-order valence-electron chi connectivity index (χ4n) is 7.28. The van der Waals surface area contributed by atoms with Gasteiger partial charge in [-0.25, -0.2) is 15.0 Å². The van der Waals surface area contributed by atoms with Gasteiger partial charge in [0.1, 0.15) is 11.2 Å². The zero-order valence-corrected chi connectivity index (χ0v) is 28.6. The predicted octanol–water partition coefficient (Wildman–Crippen LogP) is 12.9. The summed E-state index contributed by atoms with van der Waals surface area (Å²) in [6.45, 7) is 0. The molecular weight excluding hydrogens is 647 g/mol. The van der Waals surface area contributed by atoms with Crippen molar-refractivity contribution in [2.75, 3.05) is 0 Å². The first-order valence-electron chi connectivity index (χ1n) is 17.8. The Labute approximate surface area is 306 Å². The normalized spacial score (nSPS) is 11.4. The molecule has 0 aliphatic carbocycles. The van der Waals surface area contributed by atoms with Gasteiger partial charge in [0, 0.05) is 32.8 Å². The smallest absolute Gasteiger partial charge is 0.164 e. The molecule has 0 unspecified atom stereocenters. The van der Waals surface area contributed by atoms with E-state index in [0.29, 0.717) is 17.5 Å². The Hall–Kier alpha value is -7.17. The fourth-order valence-corrected chi connectivity index (χ4v) is 7.28. The van der Waals surface area contributed by atoms with Crippen LogP contribution in [0, 0.1) is 0 Å². The van der Waals surface area contributed by atoms with Gasteiger partial charge in [-0.1, -0.05) is 158 Å². The maximum atomic E-state index is 6.66. The van der Waals surface area contributed by atoms with Crippen molar-refractivity contribution in [1.29, 1.82) is 0 Å². The van der Waals surface area contributed by atoms with Crippen LogP contribution < -0.4 is 0 Å². The molecule has 10 aromatic rings. The molecule has 0 saturated carbocycles. The highest BCUT2D eigenvalue weighted by atomic mass is 16.3. The third-order valence-corrected chi connectivity index (χ3v) is 9.92. The Morgan fingerprint density at radius 2 is 0.736 bits per heavy atom. The van der Waals surface area contributed by atoms with Gasteiger partial charge in [0.25, 0.3) is 0 Å². The van der Waals surface area contributed by atoms with E-state index in [0.717, 1.165) is 82.8 Å². The molecule has 0 spiro atoms. The van der Waals surface area contributed by atoms with E-state index in [2.05, 4.69) is 170 Å². The van der Waals surface area contributed by atoms with Gasteiger partial charge in [0.05, 0.1) is 0 Å². The van der Waals surface area contributed by atoms with E-state index in [1.807, 2.05) is 18.2 Å². The number of rotatable bonds is 6. The molecule has 0 atom stereocenters. The zero-order valence-electron chi connectivity index (χ0n) is 28.6. The highest BCUT2D eigenvalue weighted by molar-refractivity contribution is 6.19. The molecule has 0 aliphatic heterocycles. The Kier molecular flexibility index (Phi) is 7.43. The zero-order chi connectivity index (χ0) is 35.1. The molecule has 2 aromatic heterocycles. The SMILES string of the molecule is c1ccc(-c2cccc(-c3nc(-c4cccc(-c5ccccc5)c4)nc(-c4cc5c6ccc(-c7ccccc7)cc6oc5c5ccccc45)n3)c2)cc1. The van der Waals surface area contributed by atoms with Crippen molar-refractivity contribution in [2.24, 2.45) is 0 Å². The molecular formula is C49H31N3O. The third kappa shape index (κ3) is 5.63. The molecule has 0 N–H and O–H groups in total. The van der Waals surface area contributed by atoms with E-state index in [4.69, 9.17) is 19.4 Å². The monoisotopic (exact) mass is 677 g/mol. The predicted molar refractivity (Wildman–Crippen MR) is 217 cm³/mol. The number of aromatic nitrogens is 3. The number of benzene rings is 8. The molecule has 8 aromatic carbocycles. The Bertz CT molecular complexity index is 2830. The quantitative estimate of drug-likeness (QED) is 0.176. The standard InChI is InChI=1S/C49H31N3O/c1-4-14-32(15-5-1)35-20-12-22-38(28-35)47-50-48(39-23-13-21-36(29-39)33-16-6-2-7-17-33)52-49(51-47)44-31-43-41-27-26-37(34-18-8-3-9-19-34)30-45(41)53-46(43)42-25-11-10-24-40(42)44/h1-31H. The van der Waals surface area contributed by atoms with Crippen LogP contribution in [0.3, 0.4) is 0 Å². The summed E-state index contributed by atoms with van der Waals surface area (Å²) < 4.78 is 6.66. The maximum absolute atomic E-state index is 6.66. The topological polar surface area (TPSA) is 51.8 Å². The molecule has 0 radical (unpaired) electrons. The first kappa shape index (κ1) is 30.6. The van der Waals surface area contributed by atoms with Crippen LogP contribution in [0.25, 0.3) is 100 Å². The molecule has 4 heteroatoms. The first-order chi connectivity index (χ1) is 26.2. The minimum atomic E-state index is 0.605. The first-order valence-corrected chi connectivity index (χ1v) is 17.8. The lowest BCUT2D eigenvalue weighted by atomic mass is 9.98. The number of nitrogens with zero attached hydrogens (tertiary/aromatic N) is 3. The highest BCUT2D eigenvalue weighted by Gasteiger charge is 2.19. The van der Waals surface area contributed by atoms with Gasteiger partial charge in [-0.15, -0.1) is 0 Å². The van der Waals surface area contributed by atoms with E-state index >= 15 is 0 Å². The van der Waals surface area contributed by atoms with Crippen LogP contribution in [0.4, 0.5) is 0 Å². The van der Waals surface area contributed by atoms with Crippen molar-refractivity contribution in [2.45, 2.75) is 0 Å². The second-order valence-corrected chi connectivity index (χ2v) is 13.2. The van der Waals surface area contributed by atoms with Gasteiger partial charge in [-0.2, -0.15) is 0 Å². The largest absolute Gasteiger partial charge is 0.455 e. The molecule has 2 heterocycles. The highest BCUT2D eigenvalue weighted by Crippen LogP contribution is 2.41. The van der Waals surface area contributed by atoms with Crippen molar-refractivity contribution in [3.05, 3.63) is 188 Å². The molecule has 248 valence electrons. The van der Waals surface area contributed by atoms with Gasteiger partial charge in [0.15, 0.2) is 17.5 Å². The Morgan fingerprint density at radius 3 is 1.30 bits per heavy atom. The van der Waals surface area contributed by atoms with Crippen LogP contribution in [0.15, 0.2) is 192 Å². The average Bonchev–Trinajstić information content (AvgIpc) is 3.62. The fraction of sp³-hybridized carbons (Fsp3) is 0. The molecule has 4 nitrogen and oxygen atoms in total. The van der Waals surface area contributed by atoms with Gasteiger partial charge < -0.3 is 4.42 Å². The van der Waals surface area contributed by atoms with E-state index < -0.39 is 0 Å².